The highest BCUT2D eigenvalue weighted by Crippen LogP contribution is 2.19. The lowest BCUT2D eigenvalue weighted by Gasteiger charge is -2.21. The summed E-state index contributed by atoms with van der Waals surface area (Å²) in [6.07, 6.45) is 0.878. The molecule has 0 radical (unpaired) electrons. The molecule has 0 spiro atoms. The predicted octanol–water partition coefficient (Wildman–Crippen LogP) is 1.60. The van der Waals surface area contributed by atoms with Gasteiger partial charge in [0, 0.05) is 32.2 Å². The summed E-state index contributed by atoms with van der Waals surface area (Å²) in [5.74, 6) is 0.130. The second-order valence-electron chi connectivity index (χ2n) is 5.37. The molecule has 1 aliphatic rings. The molecule has 1 aromatic rings. The van der Waals surface area contributed by atoms with Crippen molar-refractivity contribution in [3.63, 3.8) is 0 Å². The summed E-state index contributed by atoms with van der Waals surface area (Å²) < 4.78 is 0. The first kappa shape index (κ1) is 15.5. The maximum absolute atomic E-state index is 12.2. The van der Waals surface area contributed by atoms with E-state index in [1.54, 1.807) is 11.8 Å². The lowest BCUT2D eigenvalue weighted by Crippen LogP contribution is -2.29. The summed E-state index contributed by atoms with van der Waals surface area (Å²) in [6.45, 7) is 6.33. The maximum Gasteiger partial charge on any atom is 0.228 e. The number of benzene rings is 1. The lowest BCUT2D eigenvalue weighted by molar-refractivity contribution is -0.129. The number of hydrogen-bond acceptors (Lipinski definition) is 3. The molecule has 0 aliphatic carbocycles. The topological polar surface area (TPSA) is 61.4 Å². The maximum atomic E-state index is 12.2. The van der Waals surface area contributed by atoms with Crippen LogP contribution in [0, 0.1) is 5.92 Å². The normalized spacial score (nSPS) is 17.5. The number of para-hydroxylation sites is 1. The molecule has 1 fully saturated rings. The number of nitrogens with zero attached hydrogens (tertiary/aromatic N) is 1. The van der Waals surface area contributed by atoms with Crippen molar-refractivity contribution in [3.05, 3.63) is 29.8 Å². The number of carbonyl (C=O) groups excluding carboxylic acids is 2. The molecule has 2 rings (SSSR count). The van der Waals surface area contributed by atoms with Crippen molar-refractivity contribution >= 4 is 17.5 Å². The quantitative estimate of drug-likeness (QED) is 0.865. The molecule has 1 aliphatic heterocycles. The summed E-state index contributed by atoms with van der Waals surface area (Å²) in [5.41, 5.74) is 1.77. The van der Waals surface area contributed by atoms with Gasteiger partial charge in [-0.2, -0.15) is 0 Å². The van der Waals surface area contributed by atoms with Crippen LogP contribution >= 0.6 is 0 Å². The standard InChI is InChI=1S/C16H23N3O2/c1-3-19(12(2)20)11-14-6-4-5-7-15(14)18-16(21)13-8-9-17-10-13/h4-7,13,17H,3,8-11H2,1-2H3,(H,18,21). The Labute approximate surface area is 125 Å². The van der Waals surface area contributed by atoms with Crippen LogP contribution in [0.1, 0.15) is 25.8 Å². The van der Waals surface area contributed by atoms with Crippen molar-refractivity contribution in [2.24, 2.45) is 5.92 Å². The van der Waals surface area contributed by atoms with E-state index in [9.17, 15) is 9.59 Å². The highest BCUT2D eigenvalue weighted by molar-refractivity contribution is 5.93. The van der Waals surface area contributed by atoms with Crippen LogP contribution in [0.2, 0.25) is 0 Å². The van der Waals surface area contributed by atoms with Crippen LogP contribution in [0.3, 0.4) is 0 Å². The molecule has 5 nitrogen and oxygen atoms in total. The zero-order chi connectivity index (χ0) is 15.2. The molecular formula is C16H23N3O2. The monoisotopic (exact) mass is 289 g/mol. The summed E-state index contributed by atoms with van der Waals surface area (Å²) in [5, 5.41) is 6.20. The smallest absolute Gasteiger partial charge is 0.228 e. The van der Waals surface area contributed by atoms with Gasteiger partial charge in [0.05, 0.1) is 5.92 Å². The molecule has 1 saturated heterocycles. The van der Waals surface area contributed by atoms with Gasteiger partial charge >= 0.3 is 0 Å². The summed E-state index contributed by atoms with van der Waals surface area (Å²) in [7, 11) is 0. The molecule has 0 bridgehead atoms. The fourth-order valence-corrected chi connectivity index (χ4v) is 2.54. The first-order valence-electron chi connectivity index (χ1n) is 7.46. The molecular weight excluding hydrogens is 266 g/mol. The van der Waals surface area contributed by atoms with Crippen LogP contribution in [0.5, 0.6) is 0 Å². The van der Waals surface area contributed by atoms with Crippen molar-refractivity contribution < 1.29 is 9.59 Å². The fraction of sp³-hybridized carbons (Fsp3) is 0.500. The number of hydrogen-bond donors (Lipinski definition) is 2. The zero-order valence-corrected chi connectivity index (χ0v) is 12.7. The third kappa shape index (κ3) is 4.04. The minimum atomic E-state index is 0.0353. The average molecular weight is 289 g/mol. The van der Waals surface area contributed by atoms with Crippen LogP contribution in [0.15, 0.2) is 24.3 Å². The largest absolute Gasteiger partial charge is 0.339 e. The van der Waals surface area contributed by atoms with Crippen molar-refractivity contribution in [2.45, 2.75) is 26.8 Å². The van der Waals surface area contributed by atoms with Gasteiger partial charge in [0.25, 0.3) is 0 Å². The Morgan fingerprint density at radius 2 is 2.14 bits per heavy atom. The van der Waals surface area contributed by atoms with E-state index >= 15 is 0 Å². The summed E-state index contributed by atoms with van der Waals surface area (Å²) >= 11 is 0. The van der Waals surface area contributed by atoms with Crippen molar-refractivity contribution in [1.29, 1.82) is 0 Å². The van der Waals surface area contributed by atoms with Gasteiger partial charge in [0.1, 0.15) is 0 Å². The van der Waals surface area contributed by atoms with E-state index in [0.717, 1.165) is 30.8 Å². The van der Waals surface area contributed by atoms with Gasteiger partial charge in [-0.1, -0.05) is 18.2 Å². The van der Waals surface area contributed by atoms with Crippen molar-refractivity contribution in [3.8, 4) is 0 Å². The number of carbonyl (C=O) groups is 2. The number of amides is 2. The van der Waals surface area contributed by atoms with E-state index in [1.165, 1.54) is 0 Å². The van der Waals surface area contributed by atoms with Gasteiger partial charge < -0.3 is 15.5 Å². The van der Waals surface area contributed by atoms with Crippen LogP contribution < -0.4 is 10.6 Å². The van der Waals surface area contributed by atoms with Gasteiger partial charge in [0.2, 0.25) is 11.8 Å². The van der Waals surface area contributed by atoms with Crippen molar-refractivity contribution in [2.75, 3.05) is 25.0 Å². The Morgan fingerprint density at radius 1 is 1.38 bits per heavy atom. The third-order valence-corrected chi connectivity index (χ3v) is 3.89. The molecule has 21 heavy (non-hydrogen) atoms. The average Bonchev–Trinajstić information content (AvgIpc) is 3.00. The molecule has 1 aromatic carbocycles. The number of anilines is 1. The number of nitrogens with one attached hydrogen (secondary N) is 2. The minimum absolute atomic E-state index is 0.0353. The highest BCUT2D eigenvalue weighted by atomic mass is 16.2. The molecule has 2 N–H and O–H groups in total. The molecule has 0 aromatic heterocycles. The van der Waals surface area contributed by atoms with E-state index in [-0.39, 0.29) is 17.7 Å². The Bertz CT molecular complexity index is 510. The van der Waals surface area contributed by atoms with E-state index in [0.29, 0.717) is 13.1 Å². The Kier molecular flexibility index (Phi) is 5.33. The second kappa shape index (κ2) is 7.22. The summed E-state index contributed by atoms with van der Waals surface area (Å²) in [4.78, 5) is 25.5. The second-order valence-corrected chi connectivity index (χ2v) is 5.37. The van der Waals surface area contributed by atoms with E-state index < -0.39 is 0 Å². The van der Waals surface area contributed by atoms with Crippen LogP contribution in [-0.2, 0) is 16.1 Å². The first-order chi connectivity index (χ1) is 10.1. The lowest BCUT2D eigenvalue weighted by atomic mass is 10.1. The molecule has 2 amide bonds. The van der Waals surface area contributed by atoms with Gasteiger partial charge in [-0.25, -0.2) is 0 Å². The van der Waals surface area contributed by atoms with Crippen LogP contribution in [-0.4, -0.2) is 36.3 Å². The van der Waals surface area contributed by atoms with E-state index in [1.807, 2.05) is 31.2 Å². The van der Waals surface area contributed by atoms with Crippen molar-refractivity contribution in [1.82, 2.24) is 10.2 Å². The highest BCUT2D eigenvalue weighted by Gasteiger charge is 2.23. The molecule has 114 valence electrons. The van der Waals surface area contributed by atoms with Crippen LogP contribution in [0.25, 0.3) is 0 Å². The molecule has 1 atom stereocenters. The number of rotatable bonds is 5. The van der Waals surface area contributed by atoms with Gasteiger partial charge in [-0.05, 0) is 31.5 Å². The SMILES string of the molecule is CCN(Cc1ccccc1NC(=O)C1CCNC1)C(C)=O. The van der Waals surface area contributed by atoms with E-state index in [4.69, 9.17) is 0 Å². The van der Waals surface area contributed by atoms with E-state index in [2.05, 4.69) is 10.6 Å². The zero-order valence-electron chi connectivity index (χ0n) is 12.7. The summed E-state index contributed by atoms with van der Waals surface area (Å²) in [6, 6.07) is 7.67. The Hall–Kier alpha value is -1.88. The molecule has 1 unspecified atom stereocenters. The predicted molar refractivity (Wildman–Crippen MR) is 82.8 cm³/mol. The fourth-order valence-electron chi connectivity index (χ4n) is 2.54. The Balaban J connectivity index is 2.09. The van der Waals surface area contributed by atoms with Gasteiger partial charge in [-0.3, -0.25) is 9.59 Å². The van der Waals surface area contributed by atoms with Gasteiger partial charge in [-0.15, -0.1) is 0 Å². The molecule has 1 heterocycles. The molecule has 0 saturated carbocycles. The third-order valence-electron chi connectivity index (χ3n) is 3.89. The van der Waals surface area contributed by atoms with Gasteiger partial charge in [0.15, 0.2) is 0 Å². The molecule has 5 heteroatoms. The Morgan fingerprint density at radius 3 is 2.76 bits per heavy atom. The first-order valence-corrected chi connectivity index (χ1v) is 7.46. The van der Waals surface area contributed by atoms with Crippen LogP contribution in [0.4, 0.5) is 5.69 Å². The minimum Gasteiger partial charge on any atom is -0.339 e.